The highest BCUT2D eigenvalue weighted by atomic mass is 16.3. The second-order valence-corrected chi connectivity index (χ2v) is 5.04. The van der Waals surface area contributed by atoms with Crippen molar-refractivity contribution in [3.8, 4) is 11.3 Å². The molecule has 0 saturated heterocycles. The summed E-state index contributed by atoms with van der Waals surface area (Å²) < 4.78 is 5.75. The Balaban J connectivity index is 2.01. The van der Waals surface area contributed by atoms with Gasteiger partial charge in [-0.25, -0.2) is 0 Å². The summed E-state index contributed by atoms with van der Waals surface area (Å²) >= 11 is 0. The molecule has 1 aromatic carbocycles. The fourth-order valence-corrected chi connectivity index (χ4v) is 1.96. The van der Waals surface area contributed by atoms with Gasteiger partial charge in [-0.15, -0.1) is 0 Å². The first-order valence-electron chi connectivity index (χ1n) is 6.82. The lowest BCUT2D eigenvalue weighted by Gasteiger charge is -2.05. The van der Waals surface area contributed by atoms with Gasteiger partial charge in [-0.3, -0.25) is 0 Å². The van der Waals surface area contributed by atoms with Crippen molar-refractivity contribution >= 4 is 0 Å². The van der Waals surface area contributed by atoms with Gasteiger partial charge < -0.3 is 19.9 Å². The molecule has 0 spiro atoms. The molecule has 2 atom stereocenters. The fraction of sp³-hybridized carbons (Fsp3) is 0.375. The van der Waals surface area contributed by atoms with Gasteiger partial charge in [0.05, 0.1) is 18.8 Å². The zero-order chi connectivity index (χ0) is 14.5. The molecule has 0 saturated carbocycles. The SMILES string of the molecule is CC(O)CNCc1ccc(-c2ccc(C(C)O)cc2)o1. The van der Waals surface area contributed by atoms with E-state index in [1.165, 1.54) is 0 Å². The van der Waals surface area contributed by atoms with E-state index in [-0.39, 0.29) is 6.10 Å². The van der Waals surface area contributed by atoms with Crippen LogP contribution in [0.15, 0.2) is 40.8 Å². The molecule has 1 aromatic heterocycles. The van der Waals surface area contributed by atoms with Crippen LogP contribution in [0.5, 0.6) is 0 Å². The highest BCUT2D eigenvalue weighted by molar-refractivity contribution is 5.58. The Kier molecular flexibility index (Phi) is 4.95. The van der Waals surface area contributed by atoms with Gasteiger partial charge in [0, 0.05) is 12.1 Å². The number of nitrogens with one attached hydrogen (secondary N) is 1. The summed E-state index contributed by atoms with van der Waals surface area (Å²) in [5, 5.41) is 21.8. The Morgan fingerprint density at radius 3 is 2.35 bits per heavy atom. The summed E-state index contributed by atoms with van der Waals surface area (Å²) in [5.74, 6) is 1.64. The topological polar surface area (TPSA) is 65.6 Å². The molecule has 4 heteroatoms. The molecule has 2 rings (SSSR count). The zero-order valence-corrected chi connectivity index (χ0v) is 11.8. The predicted octanol–water partition coefficient (Wildman–Crippen LogP) is 2.47. The van der Waals surface area contributed by atoms with Crippen LogP contribution in [0.2, 0.25) is 0 Å². The van der Waals surface area contributed by atoms with E-state index in [1.807, 2.05) is 36.4 Å². The molecule has 3 N–H and O–H groups in total. The molecular formula is C16H21NO3. The molecule has 1 heterocycles. The molecule has 0 fully saturated rings. The average Bonchev–Trinajstić information content (AvgIpc) is 2.87. The van der Waals surface area contributed by atoms with Gasteiger partial charge in [0.15, 0.2) is 0 Å². The van der Waals surface area contributed by atoms with Crippen molar-refractivity contribution in [2.75, 3.05) is 6.54 Å². The molecule has 2 unspecified atom stereocenters. The van der Waals surface area contributed by atoms with Crippen LogP contribution in [-0.2, 0) is 6.54 Å². The number of aliphatic hydroxyl groups excluding tert-OH is 2. The first-order chi connectivity index (χ1) is 9.56. The van der Waals surface area contributed by atoms with Gasteiger partial charge in [-0.05, 0) is 31.5 Å². The summed E-state index contributed by atoms with van der Waals surface area (Å²) in [6.45, 7) is 4.62. The first-order valence-corrected chi connectivity index (χ1v) is 6.82. The summed E-state index contributed by atoms with van der Waals surface area (Å²) in [6.07, 6.45) is -0.821. The van der Waals surface area contributed by atoms with E-state index in [0.717, 1.165) is 22.6 Å². The summed E-state index contributed by atoms with van der Waals surface area (Å²) in [7, 11) is 0. The molecular weight excluding hydrogens is 254 g/mol. The van der Waals surface area contributed by atoms with Crippen LogP contribution in [0.1, 0.15) is 31.3 Å². The van der Waals surface area contributed by atoms with Gasteiger partial charge >= 0.3 is 0 Å². The van der Waals surface area contributed by atoms with Crippen molar-refractivity contribution in [3.05, 3.63) is 47.7 Å². The van der Waals surface area contributed by atoms with Crippen molar-refractivity contribution in [2.24, 2.45) is 0 Å². The Hall–Kier alpha value is -1.62. The van der Waals surface area contributed by atoms with Crippen molar-refractivity contribution in [1.82, 2.24) is 5.32 Å². The lowest BCUT2D eigenvalue weighted by atomic mass is 10.1. The predicted molar refractivity (Wildman–Crippen MR) is 78.2 cm³/mol. The number of aliphatic hydroxyl groups is 2. The van der Waals surface area contributed by atoms with Crippen LogP contribution in [-0.4, -0.2) is 22.9 Å². The largest absolute Gasteiger partial charge is 0.460 e. The number of benzene rings is 1. The number of hydrogen-bond donors (Lipinski definition) is 3. The normalized spacial score (nSPS) is 14.2. The molecule has 0 aliphatic carbocycles. The maximum atomic E-state index is 9.48. The molecule has 0 amide bonds. The van der Waals surface area contributed by atoms with Crippen LogP contribution in [0.3, 0.4) is 0 Å². The molecule has 0 radical (unpaired) electrons. The van der Waals surface area contributed by atoms with Gasteiger partial charge in [0.1, 0.15) is 11.5 Å². The lowest BCUT2D eigenvalue weighted by molar-refractivity contribution is 0.190. The summed E-state index contributed by atoms with van der Waals surface area (Å²) in [6, 6.07) is 11.5. The van der Waals surface area contributed by atoms with Crippen molar-refractivity contribution in [2.45, 2.75) is 32.6 Å². The molecule has 4 nitrogen and oxygen atoms in total. The van der Waals surface area contributed by atoms with E-state index in [1.54, 1.807) is 13.8 Å². The molecule has 2 aromatic rings. The quantitative estimate of drug-likeness (QED) is 0.757. The summed E-state index contributed by atoms with van der Waals surface area (Å²) in [4.78, 5) is 0. The van der Waals surface area contributed by atoms with Crippen LogP contribution in [0.4, 0.5) is 0 Å². The lowest BCUT2D eigenvalue weighted by Crippen LogP contribution is -2.23. The van der Waals surface area contributed by atoms with Crippen LogP contribution in [0.25, 0.3) is 11.3 Å². The van der Waals surface area contributed by atoms with Crippen molar-refractivity contribution < 1.29 is 14.6 Å². The number of rotatable bonds is 6. The minimum Gasteiger partial charge on any atom is -0.460 e. The third-order valence-electron chi connectivity index (χ3n) is 3.08. The minimum atomic E-state index is -0.458. The third-order valence-corrected chi connectivity index (χ3v) is 3.08. The molecule has 20 heavy (non-hydrogen) atoms. The molecule has 0 aliphatic rings. The Morgan fingerprint density at radius 2 is 1.75 bits per heavy atom. The number of furan rings is 1. The maximum absolute atomic E-state index is 9.48. The molecule has 0 aliphatic heterocycles. The van der Waals surface area contributed by atoms with Crippen LogP contribution >= 0.6 is 0 Å². The van der Waals surface area contributed by atoms with Crippen LogP contribution in [0, 0.1) is 0 Å². The number of hydrogen-bond acceptors (Lipinski definition) is 4. The minimum absolute atomic E-state index is 0.363. The first kappa shape index (κ1) is 14.8. The monoisotopic (exact) mass is 275 g/mol. The Bertz CT molecular complexity index is 529. The molecule has 108 valence electrons. The smallest absolute Gasteiger partial charge is 0.134 e. The average molecular weight is 275 g/mol. The standard InChI is InChI=1S/C16H21NO3/c1-11(18)9-17-10-15-7-8-16(20-15)14-5-3-13(4-6-14)12(2)19/h3-8,11-12,17-19H,9-10H2,1-2H3. The highest BCUT2D eigenvalue weighted by Gasteiger charge is 2.06. The second kappa shape index (κ2) is 6.70. The van der Waals surface area contributed by atoms with Gasteiger partial charge in [0.2, 0.25) is 0 Å². The third kappa shape index (κ3) is 3.93. The zero-order valence-electron chi connectivity index (χ0n) is 11.8. The van der Waals surface area contributed by atoms with E-state index in [4.69, 9.17) is 4.42 Å². The van der Waals surface area contributed by atoms with Gasteiger partial charge in [-0.2, -0.15) is 0 Å². The Morgan fingerprint density at radius 1 is 1.05 bits per heavy atom. The highest BCUT2D eigenvalue weighted by Crippen LogP contribution is 2.24. The van der Waals surface area contributed by atoms with E-state index < -0.39 is 6.10 Å². The second-order valence-electron chi connectivity index (χ2n) is 5.04. The van der Waals surface area contributed by atoms with Gasteiger partial charge in [-0.1, -0.05) is 24.3 Å². The fourth-order valence-electron chi connectivity index (χ4n) is 1.96. The van der Waals surface area contributed by atoms with E-state index in [0.29, 0.717) is 13.1 Å². The Labute approximate surface area is 119 Å². The summed E-state index contributed by atoms with van der Waals surface area (Å²) in [5.41, 5.74) is 1.87. The van der Waals surface area contributed by atoms with E-state index >= 15 is 0 Å². The van der Waals surface area contributed by atoms with E-state index in [2.05, 4.69) is 5.32 Å². The molecule has 0 bridgehead atoms. The van der Waals surface area contributed by atoms with Crippen LogP contribution < -0.4 is 5.32 Å². The van der Waals surface area contributed by atoms with Gasteiger partial charge in [0.25, 0.3) is 0 Å². The van der Waals surface area contributed by atoms with E-state index in [9.17, 15) is 10.2 Å². The maximum Gasteiger partial charge on any atom is 0.134 e. The van der Waals surface area contributed by atoms with Crippen molar-refractivity contribution in [3.63, 3.8) is 0 Å². The van der Waals surface area contributed by atoms with Crippen molar-refractivity contribution in [1.29, 1.82) is 0 Å².